The molecule has 1 N–H and O–H groups in total. The number of hydrogen-bond acceptors (Lipinski definition) is 4. The molecule has 6 heteroatoms. The summed E-state index contributed by atoms with van der Waals surface area (Å²) < 4.78 is 6.78. The van der Waals surface area contributed by atoms with E-state index in [1.54, 1.807) is 0 Å². The summed E-state index contributed by atoms with van der Waals surface area (Å²) in [5.74, 6) is 0.422. The van der Waals surface area contributed by atoms with Gasteiger partial charge in [0.05, 0.1) is 5.69 Å². The van der Waals surface area contributed by atoms with Crippen molar-refractivity contribution in [3.05, 3.63) is 88.7 Å². The zero-order valence-corrected chi connectivity index (χ0v) is 17.7. The third-order valence-electron chi connectivity index (χ3n) is 4.20. The van der Waals surface area contributed by atoms with Crippen LogP contribution in [-0.4, -0.2) is 17.5 Å². The average Bonchev–Trinajstić information content (AvgIpc) is 3.21. The number of ether oxygens (including phenoxy) is 1. The molecule has 0 atom stereocenters. The molecule has 1 heterocycles. The molecule has 4 nitrogen and oxygen atoms in total. The topological polar surface area (TPSA) is 51.2 Å². The van der Waals surface area contributed by atoms with Gasteiger partial charge in [-0.05, 0) is 23.8 Å². The van der Waals surface area contributed by atoms with E-state index < -0.39 is 0 Å². The molecule has 0 aliphatic heterocycles. The van der Waals surface area contributed by atoms with Crippen molar-refractivity contribution in [2.75, 3.05) is 11.9 Å². The maximum atomic E-state index is 12.4. The van der Waals surface area contributed by atoms with E-state index in [0.717, 1.165) is 26.9 Å². The highest BCUT2D eigenvalue weighted by Gasteiger charge is 2.11. The normalized spacial score (nSPS) is 10.5. The first kappa shape index (κ1) is 19.4. The molecule has 0 saturated carbocycles. The van der Waals surface area contributed by atoms with Gasteiger partial charge < -0.3 is 4.74 Å². The van der Waals surface area contributed by atoms with Crippen LogP contribution in [0.25, 0.3) is 22.4 Å². The van der Waals surface area contributed by atoms with Crippen LogP contribution in [0.15, 0.2) is 88.7 Å². The van der Waals surface area contributed by atoms with E-state index in [4.69, 9.17) is 4.74 Å². The van der Waals surface area contributed by atoms with Gasteiger partial charge in [-0.3, -0.25) is 10.1 Å². The molecule has 0 aliphatic carbocycles. The van der Waals surface area contributed by atoms with Gasteiger partial charge in [-0.15, -0.1) is 11.3 Å². The molecule has 3 aromatic carbocycles. The summed E-state index contributed by atoms with van der Waals surface area (Å²) in [6.07, 6.45) is 0. The van der Waals surface area contributed by atoms with Crippen LogP contribution in [0.2, 0.25) is 0 Å². The number of hydrogen-bond donors (Lipinski definition) is 1. The molecule has 0 spiro atoms. The lowest BCUT2D eigenvalue weighted by Gasteiger charge is -2.11. The lowest BCUT2D eigenvalue weighted by molar-refractivity contribution is -0.118. The Bertz CT molecular complexity index is 1130. The summed E-state index contributed by atoms with van der Waals surface area (Å²) in [4.78, 5) is 16.8. The van der Waals surface area contributed by atoms with Crippen molar-refractivity contribution >= 4 is 38.3 Å². The third-order valence-corrected chi connectivity index (χ3v) is 5.45. The third kappa shape index (κ3) is 4.91. The SMILES string of the molecule is O=C(COc1ccccc1-c1ccccc1)Nc1nc(-c2cccc(Br)c2)cs1. The number of carbonyl (C=O) groups excluding carboxylic acids is 1. The fraction of sp³-hybridized carbons (Fsp3) is 0.0435. The maximum Gasteiger partial charge on any atom is 0.264 e. The van der Waals surface area contributed by atoms with Gasteiger partial charge in [-0.1, -0.05) is 76.6 Å². The molecule has 0 unspecified atom stereocenters. The van der Waals surface area contributed by atoms with Gasteiger partial charge in [0.25, 0.3) is 5.91 Å². The Labute approximate surface area is 181 Å². The summed E-state index contributed by atoms with van der Waals surface area (Å²) in [6.45, 7) is -0.0877. The van der Waals surface area contributed by atoms with Gasteiger partial charge in [-0.25, -0.2) is 4.98 Å². The van der Waals surface area contributed by atoms with Gasteiger partial charge in [-0.2, -0.15) is 0 Å². The van der Waals surface area contributed by atoms with Crippen molar-refractivity contribution in [2.24, 2.45) is 0 Å². The molecule has 1 aromatic heterocycles. The Balaban J connectivity index is 1.41. The zero-order chi connectivity index (χ0) is 20.1. The number of para-hydroxylation sites is 1. The number of nitrogens with zero attached hydrogens (tertiary/aromatic N) is 1. The maximum absolute atomic E-state index is 12.4. The molecule has 4 rings (SSSR count). The first-order chi connectivity index (χ1) is 14.2. The van der Waals surface area contributed by atoms with Crippen LogP contribution >= 0.6 is 27.3 Å². The van der Waals surface area contributed by atoms with Crippen LogP contribution in [0.5, 0.6) is 5.75 Å². The van der Waals surface area contributed by atoms with Crippen molar-refractivity contribution in [1.29, 1.82) is 0 Å². The van der Waals surface area contributed by atoms with Gasteiger partial charge in [0.2, 0.25) is 0 Å². The highest BCUT2D eigenvalue weighted by Crippen LogP contribution is 2.30. The number of benzene rings is 3. The number of rotatable bonds is 6. The molecular formula is C23H17BrN2O2S. The van der Waals surface area contributed by atoms with Crippen LogP contribution in [0.4, 0.5) is 5.13 Å². The van der Waals surface area contributed by atoms with Gasteiger partial charge >= 0.3 is 0 Å². The summed E-state index contributed by atoms with van der Waals surface area (Å²) in [5.41, 5.74) is 3.81. The molecule has 0 aliphatic rings. The Morgan fingerprint density at radius 1 is 0.966 bits per heavy atom. The number of nitrogens with one attached hydrogen (secondary N) is 1. The van der Waals surface area contributed by atoms with Crippen molar-refractivity contribution < 1.29 is 9.53 Å². The fourth-order valence-electron chi connectivity index (χ4n) is 2.86. The lowest BCUT2D eigenvalue weighted by atomic mass is 10.1. The van der Waals surface area contributed by atoms with Crippen molar-refractivity contribution in [3.8, 4) is 28.1 Å². The average molecular weight is 465 g/mol. The van der Waals surface area contributed by atoms with Gasteiger partial charge in [0.1, 0.15) is 5.75 Å². The molecular weight excluding hydrogens is 448 g/mol. The van der Waals surface area contributed by atoms with Crippen molar-refractivity contribution in [3.63, 3.8) is 0 Å². The number of anilines is 1. The predicted molar refractivity (Wildman–Crippen MR) is 121 cm³/mol. The quantitative estimate of drug-likeness (QED) is 0.366. The van der Waals surface area contributed by atoms with E-state index in [2.05, 4.69) is 26.2 Å². The van der Waals surface area contributed by atoms with E-state index in [1.165, 1.54) is 11.3 Å². The number of amides is 1. The van der Waals surface area contributed by atoms with Crippen LogP contribution in [-0.2, 0) is 4.79 Å². The summed E-state index contributed by atoms with van der Waals surface area (Å²) >= 11 is 4.85. The van der Waals surface area contributed by atoms with Gasteiger partial charge in [0, 0.05) is 21.0 Å². The number of halogens is 1. The van der Waals surface area contributed by atoms with E-state index in [0.29, 0.717) is 10.9 Å². The molecule has 0 radical (unpaired) electrons. The Kier molecular flexibility index (Phi) is 6.03. The minimum atomic E-state index is -0.247. The van der Waals surface area contributed by atoms with E-state index >= 15 is 0 Å². The molecule has 0 bridgehead atoms. The minimum absolute atomic E-state index is 0.0877. The molecule has 4 aromatic rings. The Morgan fingerprint density at radius 3 is 2.55 bits per heavy atom. The smallest absolute Gasteiger partial charge is 0.264 e. The van der Waals surface area contributed by atoms with E-state index in [1.807, 2.05) is 84.2 Å². The van der Waals surface area contributed by atoms with Crippen LogP contribution < -0.4 is 10.1 Å². The second-order valence-electron chi connectivity index (χ2n) is 6.25. The minimum Gasteiger partial charge on any atom is -0.483 e. The second-order valence-corrected chi connectivity index (χ2v) is 8.02. The molecule has 1 amide bonds. The Morgan fingerprint density at radius 2 is 1.72 bits per heavy atom. The highest BCUT2D eigenvalue weighted by atomic mass is 79.9. The van der Waals surface area contributed by atoms with Crippen molar-refractivity contribution in [1.82, 2.24) is 4.98 Å². The largest absolute Gasteiger partial charge is 0.483 e. The summed E-state index contributed by atoms with van der Waals surface area (Å²) in [6, 6.07) is 25.5. The molecule has 0 fully saturated rings. The second kappa shape index (κ2) is 9.03. The summed E-state index contributed by atoms with van der Waals surface area (Å²) in [5, 5.41) is 5.27. The summed E-state index contributed by atoms with van der Waals surface area (Å²) in [7, 11) is 0. The first-order valence-corrected chi connectivity index (χ1v) is 10.6. The molecule has 0 saturated heterocycles. The highest BCUT2D eigenvalue weighted by molar-refractivity contribution is 9.10. The Hall–Kier alpha value is -2.96. The number of carbonyl (C=O) groups is 1. The predicted octanol–water partition coefficient (Wildman–Crippen LogP) is 6.26. The van der Waals surface area contributed by atoms with Crippen LogP contribution in [0, 0.1) is 0 Å². The zero-order valence-electron chi connectivity index (χ0n) is 15.3. The standard InChI is InChI=1S/C23H17BrN2O2S/c24-18-10-6-9-17(13-18)20-15-29-23(25-20)26-22(27)14-28-21-12-5-4-11-19(21)16-7-2-1-3-8-16/h1-13,15H,14H2,(H,25,26,27). The first-order valence-electron chi connectivity index (χ1n) is 8.97. The molecule has 29 heavy (non-hydrogen) atoms. The van der Waals surface area contributed by atoms with Gasteiger partial charge in [0.15, 0.2) is 11.7 Å². The van der Waals surface area contributed by atoms with Crippen LogP contribution in [0.1, 0.15) is 0 Å². The van der Waals surface area contributed by atoms with E-state index in [-0.39, 0.29) is 12.5 Å². The lowest BCUT2D eigenvalue weighted by Crippen LogP contribution is -2.20. The van der Waals surface area contributed by atoms with E-state index in [9.17, 15) is 4.79 Å². The van der Waals surface area contributed by atoms with Crippen molar-refractivity contribution in [2.45, 2.75) is 0 Å². The number of thiazole rings is 1. The van der Waals surface area contributed by atoms with Crippen LogP contribution in [0.3, 0.4) is 0 Å². The monoisotopic (exact) mass is 464 g/mol. The fourth-order valence-corrected chi connectivity index (χ4v) is 3.99. The number of aromatic nitrogens is 1. The molecule has 144 valence electrons.